The second kappa shape index (κ2) is 7.03. The molecule has 1 aromatic carbocycles. The summed E-state index contributed by atoms with van der Waals surface area (Å²) in [6.45, 7) is 0.274. The summed E-state index contributed by atoms with van der Waals surface area (Å²) in [6, 6.07) is 11.9. The molecule has 6 heteroatoms. The van der Waals surface area contributed by atoms with Gasteiger partial charge in [-0.25, -0.2) is 0 Å². The SMILES string of the molecule is N#CCOc1ccc(NC(=O)c2ccnc(CN)c2)cc1. The summed E-state index contributed by atoms with van der Waals surface area (Å²) < 4.78 is 5.13. The van der Waals surface area contributed by atoms with Gasteiger partial charge in [0.25, 0.3) is 5.91 Å². The fraction of sp³-hybridized carbons (Fsp3) is 0.133. The zero-order valence-electron chi connectivity index (χ0n) is 11.2. The number of pyridine rings is 1. The third kappa shape index (κ3) is 4.03. The molecule has 0 spiro atoms. The molecular weight excluding hydrogens is 268 g/mol. The van der Waals surface area contributed by atoms with Crippen LogP contribution in [0.3, 0.4) is 0 Å². The zero-order valence-corrected chi connectivity index (χ0v) is 11.2. The van der Waals surface area contributed by atoms with Crippen LogP contribution in [0.4, 0.5) is 5.69 Å². The van der Waals surface area contributed by atoms with Gasteiger partial charge in [-0.2, -0.15) is 5.26 Å². The Labute approximate surface area is 122 Å². The third-order valence-corrected chi connectivity index (χ3v) is 2.70. The van der Waals surface area contributed by atoms with Crippen molar-refractivity contribution >= 4 is 11.6 Å². The second-order valence-electron chi connectivity index (χ2n) is 4.17. The lowest BCUT2D eigenvalue weighted by atomic mass is 10.2. The normalized spacial score (nSPS) is 9.71. The number of carbonyl (C=O) groups excluding carboxylic acids is 1. The summed E-state index contributed by atoms with van der Waals surface area (Å²) in [5.74, 6) is 0.335. The molecule has 1 heterocycles. The van der Waals surface area contributed by atoms with Crippen LogP contribution < -0.4 is 15.8 Å². The number of nitrogens with one attached hydrogen (secondary N) is 1. The van der Waals surface area contributed by atoms with Crippen molar-refractivity contribution < 1.29 is 9.53 Å². The highest BCUT2D eigenvalue weighted by atomic mass is 16.5. The Morgan fingerprint density at radius 1 is 1.33 bits per heavy atom. The molecule has 0 fully saturated rings. The van der Waals surface area contributed by atoms with E-state index in [4.69, 9.17) is 15.7 Å². The molecule has 0 saturated heterocycles. The van der Waals surface area contributed by atoms with E-state index in [2.05, 4.69) is 10.3 Å². The van der Waals surface area contributed by atoms with Crippen molar-refractivity contribution in [3.05, 3.63) is 53.9 Å². The van der Waals surface area contributed by atoms with Crippen molar-refractivity contribution in [3.63, 3.8) is 0 Å². The number of hydrogen-bond acceptors (Lipinski definition) is 5. The quantitative estimate of drug-likeness (QED) is 0.869. The van der Waals surface area contributed by atoms with Gasteiger partial charge < -0.3 is 15.8 Å². The summed E-state index contributed by atoms with van der Waals surface area (Å²) in [5.41, 5.74) is 7.28. The maximum absolute atomic E-state index is 12.1. The van der Waals surface area contributed by atoms with Crippen LogP contribution in [0.15, 0.2) is 42.6 Å². The van der Waals surface area contributed by atoms with Gasteiger partial charge in [-0.1, -0.05) is 0 Å². The molecule has 21 heavy (non-hydrogen) atoms. The Hall–Kier alpha value is -2.91. The minimum absolute atomic E-state index is 0.00934. The highest BCUT2D eigenvalue weighted by molar-refractivity contribution is 6.04. The Balaban J connectivity index is 2.03. The Kier molecular flexibility index (Phi) is 4.85. The molecule has 3 N–H and O–H groups in total. The van der Waals surface area contributed by atoms with E-state index in [1.54, 1.807) is 42.6 Å². The fourth-order valence-electron chi connectivity index (χ4n) is 1.68. The number of amides is 1. The van der Waals surface area contributed by atoms with E-state index in [0.29, 0.717) is 22.7 Å². The van der Waals surface area contributed by atoms with Crippen molar-refractivity contribution in [1.29, 1.82) is 5.26 Å². The predicted molar refractivity (Wildman–Crippen MR) is 77.6 cm³/mol. The molecule has 2 aromatic rings. The lowest BCUT2D eigenvalue weighted by molar-refractivity contribution is 0.102. The molecule has 0 aliphatic carbocycles. The molecule has 0 radical (unpaired) electrons. The third-order valence-electron chi connectivity index (χ3n) is 2.70. The Bertz CT molecular complexity index is 662. The Morgan fingerprint density at radius 2 is 2.10 bits per heavy atom. The van der Waals surface area contributed by atoms with Crippen LogP contribution >= 0.6 is 0 Å². The number of carbonyl (C=O) groups is 1. The Morgan fingerprint density at radius 3 is 2.76 bits per heavy atom. The van der Waals surface area contributed by atoms with Gasteiger partial charge in [-0.15, -0.1) is 0 Å². The summed E-state index contributed by atoms with van der Waals surface area (Å²) in [4.78, 5) is 16.1. The number of ether oxygens (including phenoxy) is 1. The minimum Gasteiger partial charge on any atom is -0.479 e. The van der Waals surface area contributed by atoms with Gasteiger partial charge in [0.05, 0.1) is 5.69 Å². The highest BCUT2D eigenvalue weighted by Crippen LogP contribution is 2.16. The van der Waals surface area contributed by atoms with E-state index in [9.17, 15) is 4.79 Å². The van der Waals surface area contributed by atoms with Crippen LogP contribution in [0.1, 0.15) is 16.1 Å². The molecule has 1 aromatic heterocycles. The van der Waals surface area contributed by atoms with E-state index in [1.165, 1.54) is 0 Å². The van der Waals surface area contributed by atoms with Gasteiger partial charge in [0, 0.05) is 24.0 Å². The van der Waals surface area contributed by atoms with Gasteiger partial charge in [0.2, 0.25) is 0 Å². The first-order valence-corrected chi connectivity index (χ1v) is 6.29. The number of rotatable bonds is 5. The minimum atomic E-state index is -0.238. The van der Waals surface area contributed by atoms with Crippen LogP contribution in [0, 0.1) is 11.3 Å². The first-order chi connectivity index (χ1) is 10.2. The van der Waals surface area contributed by atoms with Gasteiger partial charge >= 0.3 is 0 Å². The smallest absolute Gasteiger partial charge is 0.255 e. The average Bonchev–Trinajstić information content (AvgIpc) is 2.54. The molecule has 106 valence electrons. The van der Waals surface area contributed by atoms with Gasteiger partial charge in [0.1, 0.15) is 11.8 Å². The maximum Gasteiger partial charge on any atom is 0.255 e. The standard InChI is InChI=1S/C15H14N4O2/c16-6-8-21-14-3-1-12(2-4-14)19-15(20)11-5-7-18-13(9-11)10-17/h1-5,7,9H,8,10,17H2,(H,19,20). The lowest BCUT2D eigenvalue weighted by Crippen LogP contribution is -2.13. The summed E-state index contributed by atoms with van der Waals surface area (Å²) in [5, 5.41) is 11.2. The largest absolute Gasteiger partial charge is 0.479 e. The predicted octanol–water partition coefficient (Wildman–Crippen LogP) is 1.69. The van der Waals surface area contributed by atoms with Crippen LogP contribution in [0.2, 0.25) is 0 Å². The number of benzene rings is 1. The fourth-order valence-corrected chi connectivity index (χ4v) is 1.68. The summed E-state index contributed by atoms with van der Waals surface area (Å²) in [6.07, 6.45) is 1.55. The number of anilines is 1. The van der Waals surface area contributed by atoms with Crippen LogP contribution in [-0.2, 0) is 6.54 Å². The van der Waals surface area contributed by atoms with Crippen molar-refractivity contribution in [2.75, 3.05) is 11.9 Å². The molecule has 2 rings (SSSR count). The number of nitrogens with two attached hydrogens (primary N) is 1. The number of nitrogens with zero attached hydrogens (tertiary/aromatic N) is 2. The van der Waals surface area contributed by atoms with Crippen LogP contribution in [-0.4, -0.2) is 17.5 Å². The number of aromatic nitrogens is 1. The molecule has 6 nitrogen and oxygen atoms in total. The van der Waals surface area contributed by atoms with Crippen molar-refractivity contribution in [2.24, 2.45) is 5.73 Å². The van der Waals surface area contributed by atoms with E-state index in [0.717, 1.165) is 0 Å². The van der Waals surface area contributed by atoms with Crippen molar-refractivity contribution in [3.8, 4) is 11.8 Å². The first kappa shape index (κ1) is 14.5. The van der Waals surface area contributed by atoms with Gasteiger partial charge in [-0.05, 0) is 36.4 Å². The molecule has 0 aliphatic rings. The van der Waals surface area contributed by atoms with E-state index < -0.39 is 0 Å². The number of nitriles is 1. The molecule has 0 bridgehead atoms. The molecule has 0 saturated carbocycles. The molecular formula is C15H14N4O2. The highest BCUT2D eigenvalue weighted by Gasteiger charge is 2.07. The number of hydrogen-bond donors (Lipinski definition) is 2. The summed E-state index contributed by atoms with van der Waals surface area (Å²) >= 11 is 0. The van der Waals surface area contributed by atoms with Gasteiger partial charge in [0.15, 0.2) is 6.61 Å². The van der Waals surface area contributed by atoms with Crippen molar-refractivity contribution in [1.82, 2.24) is 4.98 Å². The first-order valence-electron chi connectivity index (χ1n) is 6.29. The zero-order chi connectivity index (χ0) is 15.1. The van der Waals surface area contributed by atoms with Crippen molar-refractivity contribution in [2.45, 2.75) is 6.54 Å². The monoisotopic (exact) mass is 282 g/mol. The van der Waals surface area contributed by atoms with E-state index in [1.807, 2.05) is 6.07 Å². The molecule has 0 aliphatic heterocycles. The van der Waals surface area contributed by atoms with Crippen LogP contribution in [0.5, 0.6) is 5.75 Å². The second-order valence-corrected chi connectivity index (χ2v) is 4.17. The van der Waals surface area contributed by atoms with Crippen LogP contribution in [0.25, 0.3) is 0 Å². The average molecular weight is 282 g/mol. The van der Waals surface area contributed by atoms with E-state index in [-0.39, 0.29) is 19.1 Å². The maximum atomic E-state index is 12.1. The summed E-state index contributed by atoms with van der Waals surface area (Å²) in [7, 11) is 0. The van der Waals surface area contributed by atoms with E-state index >= 15 is 0 Å². The molecule has 0 atom stereocenters. The molecule has 0 unspecified atom stereocenters. The van der Waals surface area contributed by atoms with Gasteiger partial charge in [-0.3, -0.25) is 9.78 Å². The molecule has 1 amide bonds. The lowest BCUT2D eigenvalue weighted by Gasteiger charge is -2.07. The topological polar surface area (TPSA) is 101 Å².